The lowest BCUT2D eigenvalue weighted by molar-refractivity contribution is 0.260. The molecule has 0 radical (unpaired) electrons. The number of nitrogens with zero attached hydrogens (tertiary/aromatic N) is 1. The molecule has 3 heteroatoms. The Kier molecular flexibility index (Phi) is 13.9. The maximum absolute atomic E-state index is 5.51. The van der Waals surface area contributed by atoms with Gasteiger partial charge in [-0.05, 0) is 84.2 Å². The smallest absolute Gasteiger partial charge is 0.000664 e. The number of nitrogens with one attached hydrogen (secondary N) is 1. The number of nitrogens with two attached hydrogens (primary N) is 1. The second-order valence-electron chi connectivity index (χ2n) is 6.61. The topological polar surface area (TPSA) is 41.3 Å². The number of hydrogen-bond donors (Lipinski definition) is 2. The van der Waals surface area contributed by atoms with E-state index in [0.29, 0.717) is 0 Å². The van der Waals surface area contributed by atoms with Crippen molar-refractivity contribution in [2.24, 2.45) is 5.73 Å². The Bertz CT molecular complexity index is 253. The largest absolute Gasteiger partial charge is 0.330 e. The van der Waals surface area contributed by atoms with E-state index in [1.165, 1.54) is 83.8 Å². The van der Waals surface area contributed by atoms with Gasteiger partial charge in [0, 0.05) is 0 Å². The summed E-state index contributed by atoms with van der Waals surface area (Å²) in [4.78, 5) is 2.68. The molecule has 3 N–H and O–H groups in total. The summed E-state index contributed by atoms with van der Waals surface area (Å²) < 4.78 is 0. The highest BCUT2D eigenvalue weighted by molar-refractivity contribution is 4.81. The van der Waals surface area contributed by atoms with Gasteiger partial charge in [-0.2, -0.15) is 0 Å². The quantitative estimate of drug-likeness (QED) is 0.556. The molecule has 0 bridgehead atoms. The van der Waals surface area contributed by atoms with E-state index < -0.39 is 0 Å². The monoisotopic (exact) mass is 309 g/mol. The van der Waals surface area contributed by atoms with Crippen molar-refractivity contribution in [3.63, 3.8) is 0 Å². The minimum atomic E-state index is 0.798. The van der Waals surface area contributed by atoms with Crippen molar-refractivity contribution < 1.29 is 0 Å². The fraction of sp³-hybridized carbons (Fsp3) is 0.895. The summed E-state index contributed by atoms with van der Waals surface area (Å²) >= 11 is 0. The summed E-state index contributed by atoms with van der Waals surface area (Å²) in [5.41, 5.74) is 5.51. The van der Waals surface area contributed by atoms with Crippen LogP contribution >= 0.6 is 0 Å². The molecule has 1 aliphatic rings. The van der Waals surface area contributed by atoms with E-state index in [9.17, 15) is 0 Å². The summed E-state index contributed by atoms with van der Waals surface area (Å²) in [7, 11) is 0. The van der Waals surface area contributed by atoms with E-state index in [0.717, 1.165) is 26.1 Å². The summed E-state index contributed by atoms with van der Waals surface area (Å²) in [6.07, 6.45) is 19.5. The van der Waals surface area contributed by atoms with Crippen molar-refractivity contribution in [2.75, 3.05) is 39.3 Å². The van der Waals surface area contributed by atoms with Gasteiger partial charge in [-0.15, -0.1) is 0 Å². The predicted octanol–water partition coefficient (Wildman–Crippen LogP) is 3.70. The molecule has 1 rings (SSSR count). The average molecular weight is 310 g/mol. The summed E-state index contributed by atoms with van der Waals surface area (Å²) in [5.74, 6) is 0. The van der Waals surface area contributed by atoms with Crippen molar-refractivity contribution in [3.05, 3.63) is 12.2 Å². The Morgan fingerprint density at radius 3 is 2.23 bits per heavy atom. The molecule has 0 atom stereocenters. The van der Waals surface area contributed by atoms with Crippen molar-refractivity contribution >= 4 is 0 Å². The van der Waals surface area contributed by atoms with Crippen molar-refractivity contribution in [1.29, 1.82) is 0 Å². The molecular formula is C19H39N3. The first-order valence-electron chi connectivity index (χ1n) is 9.71. The van der Waals surface area contributed by atoms with Gasteiger partial charge in [0.05, 0.1) is 0 Å². The number of hydrogen-bond acceptors (Lipinski definition) is 3. The van der Waals surface area contributed by atoms with Crippen LogP contribution in [0.1, 0.15) is 70.6 Å². The molecule has 0 spiro atoms. The lowest BCUT2D eigenvalue weighted by Crippen LogP contribution is -2.30. The van der Waals surface area contributed by atoms with Gasteiger partial charge >= 0.3 is 0 Å². The predicted molar refractivity (Wildman–Crippen MR) is 98.3 cm³/mol. The fourth-order valence-corrected chi connectivity index (χ4v) is 3.09. The third kappa shape index (κ3) is 12.2. The van der Waals surface area contributed by atoms with Crippen molar-refractivity contribution in [1.82, 2.24) is 10.2 Å². The first kappa shape index (κ1) is 19.7. The van der Waals surface area contributed by atoms with E-state index in [1.54, 1.807) is 0 Å². The van der Waals surface area contributed by atoms with Gasteiger partial charge in [-0.1, -0.05) is 37.8 Å². The minimum Gasteiger partial charge on any atom is -0.330 e. The fourth-order valence-electron chi connectivity index (χ4n) is 3.09. The zero-order chi connectivity index (χ0) is 15.7. The molecule has 0 amide bonds. The lowest BCUT2D eigenvalue weighted by atomic mass is 10.1. The molecule has 0 saturated heterocycles. The van der Waals surface area contributed by atoms with E-state index in [-0.39, 0.29) is 0 Å². The highest BCUT2D eigenvalue weighted by Crippen LogP contribution is 2.10. The third-order valence-electron chi connectivity index (χ3n) is 4.49. The maximum Gasteiger partial charge on any atom is -0.000664 e. The molecule has 130 valence electrons. The molecule has 1 aliphatic heterocycles. The van der Waals surface area contributed by atoms with Crippen LogP contribution in [0.2, 0.25) is 0 Å². The molecular weight excluding hydrogens is 270 g/mol. The van der Waals surface area contributed by atoms with Gasteiger partial charge in [-0.3, -0.25) is 0 Å². The van der Waals surface area contributed by atoms with Gasteiger partial charge < -0.3 is 16.0 Å². The van der Waals surface area contributed by atoms with Crippen LogP contribution in [0, 0.1) is 0 Å². The van der Waals surface area contributed by atoms with Gasteiger partial charge in [0.15, 0.2) is 0 Å². The zero-order valence-electron chi connectivity index (χ0n) is 14.7. The highest BCUT2D eigenvalue weighted by Gasteiger charge is 2.04. The van der Waals surface area contributed by atoms with Crippen molar-refractivity contribution in [2.45, 2.75) is 70.6 Å². The Hall–Kier alpha value is -0.380. The van der Waals surface area contributed by atoms with E-state index >= 15 is 0 Å². The molecule has 0 aromatic carbocycles. The van der Waals surface area contributed by atoms with E-state index in [2.05, 4.69) is 22.4 Å². The third-order valence-corrected chi connectivity index (χ3v) is 4.49. The van der Waals surface area contributed by atoms with Crippen LogP contribution in [0.4, 0.5) is 0 Å². The highest BCUT2D eigenvalue weighted by atomic mass is 15.1. The second kappa shape index (κ2) is 15.5. The Balaban J connectivity index is 2.17. The Labute approximate surface area is 138 Å². The molecule has 0 fully saturated rings. The maximum atomic E-state index is 5.51. The minimum absolute atomic E-state index is 0.798. The molecule has 0 aromatic rings. The Morgan fingerprint density at radius 1 is 0.773 bits per heavy atom. The van der Waals surface area contributed by atoms with Crippen LogP contribution < -0.4 is 11.1 Å². The average Bonchev–Trinajstić information content (AvgIpc) is 2.54. The molecule has 1 heterocycles. The Morgan fingerprint density at radius 2 is 1.41 bits per heavy atom. The molecule has 0 unspecified atom stereocenters. The van der Waals surface area contributed by atoms with Gasteiger partial charge in [0.1, 0.15) is 0 Å². The van der Waals surface area contributed by atoms with Crippen LogP contribution in [0.5, 0.6) is 0 Å². The van der Waals surface area contributed by atoms with Gasteiger partial charge in [0.25, 0.3) is 0 Å². The van der Waals surface area contributed by atoms with E-state index in [4.69, 9.17) is 5.73 Å². The van der Waals surface area contributed by atoms with Crippen LogP contribution in [0.15, 0.2) is 12.2 Å². The number of allylic oxidation sites excluding steroid dienone is 2. The van der Waals surface area contributed by atoms with E-state index in [1.807, 2.05) is 0 Å². The summed E-state index contributed by atoms with van der Waals surface area (Å²) in [6.45, 7) is 6.82. The molecule has 3 nitrogen and oxygen atoms in total. The van der Waals surface area contributed by atoms with Crippen LogP contribution in [-0.2, 0) is 0 Å². The molecule has 0 aromatic heterocycles. The second-order valence-corrected chi connectivity index (χ2v) is 6.61. The van der Waals surface area contributed by atoms with Gasteiger partial charge in [-0.25, -0.2) is 0 Å². The van der Waals surface area contributed by atoms with Crippen LogP contribution in [-0.4, -0.2) is 44.2 Å². The SMILES string of the molecule is NCCCNCCCN1CCC/C=C\CCCCCCCC1. The lowest BCUT2D eigenvalue weighted by Gasteiger charge is -2.22. The summed E-state index contributed by atoms with van der Waals surface area (Å²) in [5, 5.41) is 3.49. The van der Waals surface area contributed by atoms with Crippen LogP contribution in [0.25, 0.3) is 0 Å². The number of rotatable bonds is 7. The van der Waals surface area contributed by atoms with Crippen LogP contribution in [0.3, 0.4) is 0 Å². The van der Waals surface area contributed by atoms with Crippen molar-refractivity contribution in [3.8, 4) is 0 Å². The normalized spacial score (nSPS) is 21.3. The molecule has 22 heavy (non-hydrogen) atoms. The van der Waals surface area contributed by atoms with Gasteiger partial charge in [0.2, 0.25) is 0 Å². The molecule has 0 aliphatic carbocycles. The standard InChI is InChI=1S/C19H39N3/c20-14-12-15-21-16-13-19-22-17-10-8-6-4-2-1-3-5-7-9-11-18-22/h4,6,21H,1-3,5,7-20H2/b6-4-. The molecule has 0 saturated carbocycles. The first-order chi connectivity index (χ1) is 10.9. The summed E-state index contributed by atoms with van der Waals surface area (Å²) in [6, 6.07) is 0. The first-order valence-corrected chi connectivity index (χ1v) is 9.71. The zero-order valence-corrected chi connectivity index (χ0v) is 14.7.